The van der Waals surface area contributed by atoms with Crippen LogP contribution in [0.3, 0.4) is 0 Å². The molecule has 0 amide bonds. The lowest BCUT2D eigenvalue weighted by atomic mass is 10.0. The Hall–Kier alpha value is -2.75. The van der Waals surface area contributed by atoms with Gasteiger partial charge in [0.25, 0.3) is 0 Å². The molecule has 0 saturated carbocycles. The highest BCUT2D eigenvalue weighted by atomic mass is 16.6. The van der Waals surface area contributed by atoms with E-state index in [4.69, 9.17) is 9.47 Å². The SMILES string of the molecule is CCOC(=O)C(=Cc1ccc(-c2cccc(NC)c2)cc1)OCC. The molecule has 24 heavy (non-hydrogen) atoms. The van der Waals surface area contributed by atoms with Gasteiger partial charge in [-0.3, -0.25) is 0 Å². The van der Waals surface area contributed by atoms with Crippen molar-refractivity contribution < 1.29 is 14.3 Å². The minimum atomic E-state index is -0.440. The molecule has 4 heteroatoms. The minimum absolute atomic E-state index is 0.226. The molecule has 2 rings (SSSR count). The van der Waals surface area contributed by atoms with Crippen LogP contribution in [0.15, 0.2) is 54.3 Å². The van der Waals surface area contributed by atoms with E-state index in [1.54, 1.807) is 13.0 Å². The third-order valence-electron chi connectivity index (χ3n) is 3.47. The normalized spacial score (nSPS) is 11.0. The van der Waals surface area contributed by atoms with E-state index in [-0.39, 0.29) is 5.76 Å². The van der Waals surface area contributed by atoms with Crippen LogP contribution in [0.4, 0.5) is 5.69 Å². The molecule has 2 aromatic carbocycles. The van der Waals surface area contributed by atoms with E-state index in [0.29, 0.717) is 13.2 Å². The van der Waals surface area contributed by atoms with E-state index >= 15 is 0 Å². The highest BCUT2D eigenvalue weighted by Gasteiger charge is 2.11. The van der Waals surface area contributed by atoms with Gasteiger partial charge in [-0.05, 0) is 48.7 Å². The lowest BCUT2D eigenvalue weighted by Gasteiger charge is -2.08. The molecule has 0 aliphatic heterocycles. The number of hydrogen-bond donors (Lipinski definition) is 1. The van der Waals surface area contributed by atoms with E-state index in [2.05, 4.69) is 17.4 Å². The quantitative estimate of drug-likeness (QED) is 0.467. The first kappa shape index (κ1) is 17.6. The van der Waals surface area contributed by atoms with Gasteiger partial charge in [0.15, 0.2) is 0 Å². The van der Waals surface area contributed by atoms with Crippen LogP contribution in [0.2, 0.25) is 0 Å². The number of benzene rings is 2. The third kappa shape index (κ3) is 4.62. The zero-order valence-corrected chi connectivity index (χ0v) is 14.3. The molecule has 0 aliphatic carbocycles. The average molecular weight is 325 g/mol. The summed E-state index contributed by atoms with van der Waals surface area (Å²) < 4.78 is 10.4. The number of ether oxygens (including phenoxy) is 2. The lowest BCUT2D eigenvalue weighted by molar-refractivity contribution is -0.142. The number of hydrogen-bond acceptors (Lipinski definition) is 4. The summed E-state index contributed by atoms with van der Waals surface area (Å²) in [5.74, 6) is -0.213. The summed E-state index contributed by atoms with van der Waals surface area (Å²) in [5, 5.41) is 3.14. The Labute approximate surface area is 143 Å². The van der Waals surface area contributed by atoms with Crippen LogP contribution in [-0.2, 0) is 14.3 Å². The van der Waals surface area contributed by atoms with Crippen molar-refractivity contribution in [2.45, 2.75) is 13.8 Å². The van der Waals surface area contributed by atoms with Crippen molar-refractivity contribution in [2.24, 2.45) is 0 Å². The third-order valence-corrected chi connectivity index (χ3v) is 3.47. The molecule has 0 radical (unpaired) electrons. The predicted molar refractivity (Wildman–Crippen MR) is 97.7 cm³/mol. The fourth-order valence-corrected chi connectivity index (χ4v) is 2.29. The number of carbonyl (C=O) groups excluding carboxylic acids is 1. The molecular formula is C20H23NO3. The van der Waals surface area contributed by atoms with Gasteiger partial charge in [0.1, 0.15) is 0 Å². The Bertz CT molecular complexity index is 705. The molecule has 0 bridgehead atoms. The summed E-state index contributed by atoms with van der Waals surface area (Å²) in [6.45, 7) is 4.35. The molecule has 0 aliphatic rings. The smallest absolute Gasteiger partial charge is 0.373 e. The first-order chi connectivity index (χ1) is 11.7. The molecule has 0 unspecified atom stereocenters. The molecule has 4 nitrogen and oxygen atoms in total. The highest BCUT2D eigenvalue weighted by molar-refractivity contribution is 5.91. The molecule has 1 N–H and O–H groups in total. The van der Waals surface area contributed by atoms with Gasteiger partial charge >= 0.3 is 5.97 Å². The molecule has 126 valence electrons. The highest BCUT2D eigenvalue weighted by Crippen LogP contribution is 2.23. The van der Waals surface area contributed by atoms with Crippen LogP contribution in [0.5, 0.6) is 0 Å². The van der Waals surface area contributed by atoms with Gasteiger partial charge in [-0.2, -0.15) is 0 Å². The lowest BCUT2D eigenvalue weighted by Crippen LogP contribution is -2.10. The fraction of sp³-hybridized carbons (Fsp3) is 0.250. The van der Waals surface area contributed by atoms with Crippen molar-refractivity contribution in [1.82, 2.24) is 0 Å². The second kappa shape index (κ2) is 8.77. The van der Waals surface area contributed by atoms with Crippen LogP contribution >= 0.6 is 0 Å². The Morgan fingerprint density at radius 3 is 2.33 bits per heavy atom. The maximum atomic E-state index is 11.9. The van der Waals surface area contributed by atoms with E-state index in [1.807, 2.05) is 50.4 Å². The van der Waals surface area contributed by atoms with Gasteiger partial charge in [-0.15, -0.1) is 0 Å². The van der Waals surface area contributed by atoms with Crippen LogP contribution in [0, 0.1) is 0 Å². The zero-order valence-electron chi connectivity index (χ0n) is 14.3. The second-order valence-corrected chi connectivity index (χ2v) is 5.11. The summed E-state index contributed by atoms with van der Waals surface area (Å²) in [7, 11) is 1.90. The standard InChI is InChI=1S/C20H23NO3/c1-4-23-19(20(22)24-5-2)13-15-9-11-16(12-10-15)17-7-6-8-18(14-17)21-3/h6-14,21H,4-5H2,1-3H3. The van der Waals surface area contributed by atoms with Crippen molar-refractivity contribution in [1.29, 1.82) is 0 Å². The first-order valence-electron chi connectivity index (χ1n) is 8.07. The molecular weight excluding hydrogens is 302 g/mol. The summed E-state index contributed by atoms with van der Waals surface area (Å²) in [5.41, 5.74) is 4.20. The summed E-state index contributed by atoms with van der Waals surface area (Å²) in [4.78, 5) is 11.9. The van der Waals surface area contributed by atoms with E-state index < -0.39 is 5.97 Å². The van der Waals surface area contributed by atoms with Gasteiger partial charge < -0.3 is 14.8 Å². The largest absolute Gasteiger partial charge is 0.487 e. The molecule has 0 fully saturated rings. The van der Waals surface area contributed by atoms with E-state index in [0.717, 1.165) is 22.4 Å². The number of carbonyl (C=O) groups is 1. The van der Waals surface area contributed by atoms with E-state index in [9.17, 15) is 4.79 Å². The number of nitrogens with one attached hydrogen (secondary N) is 1. The van der Waals surface area contributed by atoms with Gasteiger partial charge in [0.05, 0.1) is 13.2 Å². The van der Waals surface area contributed by atoms with Crippen molar-refractivity contribution in [3.8, 4) is 11.1 Å². The van der Waals surface area contributed by atoms with Crippen LogP contribution in [0.1, 0.15) is 19.4 Å². The number of esters is 1. The molecule has 0 aromatic heterocycles. The topological polar surface area (TPSA) is 47.6 Å². The number of anilines is 1. The van der Waals surface area contributed by atoms with Crippen molar-refractivity contribution >= 4 is 17.7 Å². The molecule has 0 spiro atoms. The monoisotopic (exact) mass is 325 g/mol. The van der Waals surface area contributed by atoms with Gasteiger partial charge in [-0.25, -0.2) is 4.79 Å². The summed E-state index contributed by atoms with van der Waals surface area (Å²) in [6, 6.07) is 16.2. The van der Waals surface area contributed by atoms with Gasteiger partial charge in [0.2, 0.25) is 5.76 Å². The molecule has 2 aromatic rings. The zero-order chi connectivity index (χ0) is 17.4. The Morgan fingerprint density at radius 1 is 1.00 bits per heavy atom. The molecule has 0 atom stereocenters. The number of rotatable bonds is 7. The first-order valence-corrected chi connectivity index (χ1v) is 8.07. The van der Waals surface area contributed by atoms with Crippen molar-refractivity contribution in [3.05, 3.63) is 59.9 Å². The molecule has 0 saturated heterocycles. The van der Waals surface area contributed by atoms with Gasteiger partial charge in [-0.1, -0.05) is 36.4 Å². The van der Waals surface area contributed by atoms with Gasteiger partial charge in [0, 0.05) is 12.7 Å². The maximum Gasteiger partial charge on any atom is 0.373 e. The van der Waals surface area contributed by atoms with Crippen LogP contribution < -0.4 is 5.32 Å². The summed E-state index contributed by atoms with van der Waals surface area (Å²) >= 11 is 0. The fourth-order valence-electron chi connectivity index (χ4n) is 2.29. The predicted octanol–water partition coefficient (Wildman–Crippen LogP) is 4.34. The van der Waals surface area contributed by atoms with E-state index in [1.165, 1.54) is 0 Å². The summed E-state index contributed by atoms with van der Waals surface area (Å²) in [6.07, 6.45) is 1.70. The van der Waals surface area contributed by atoms with Crippen LogP contribution in [0.25, 0.3) is 17.2 Å². The average Bonchev–Trinajstić information content (AvgIpc) is 2.62. The van der Waals surface area contributed by atoms with Crippen molar-refractivity contribution in [2.75, 3.05) is 25.6 Å². The Morgan fingerprint density at radius 2 is 1.71 bits per heavy atom. The van der Waals surface area contributed by atoms with Crippen molar-refractivity contribution in [3.63, 3.8) is 0 Å². The Balaban J connectivity index is 2.23. The minimum Gasteiger partial charge on any atom is -0.487 e. The molecule has 0 heterocycles. The Kier molecular flexibility index (Phi) is 6.43. The van der Waals surface area contributed by atoms with Crippen LogP contribution in [-0.4, -0.2) is 26.2 Å². The second-order valence-electron chi connectivity index (χ2n) is 5.11. The maximum absolute atomic E-state index is 11.9.